The van der Waals surface area contributed by atoms with E-state index in [1.807, 2.05) is 45.0 Å². The van der Waals surface area contributed by atoms with Crippen LogP contribution in [0, 0.1) is 0 Å². The van der Waals surface area contributed by atoms with Gasteiger partial charge in [0.2, 0.25) is 0 Å². The van der Waals surface area contributed by atoms with Gasteiger partial charge >= 0.3 is 6.03 Å². The van der Waals surface area contributed by atoms with Gasteiger partial charge in [0.15, 0.2) is 0 Å². The molecule has 1 N–H and O–H groups in total. The summed E-state index contributed by atoms with van der Waals surface area (Å²) in [5, 5.41) is 3.94. The molecule has 0 aliphatic carbocycles. The minimum Gasteiger partial charge on any atom is -0.338 e. The van der Waals surface area contributed by atoms with Crippen molar-refractivity contribution in [2.24, 2.45) is 0 Å². The number of halogens is 1. The third-order valence-electron chi connectivity index (χ3n) is 4.98. The second kappa shape index (κ2) is 9.76. The van der Waals surface area contributed by atoms with Crippen LogP contribution in [0.4, 0.5) is 4.79 Å². The fraction of sp³-hybridized carbons (Fsp3) is 0.348. The number of hydrogen-bond donors (Lipinski definition) is 1. The van der Waals surface area contributed by atoms with Crippen LogP contribution in [0.5, 0.6) is 0 Å². The Morgan fingerprint density at radius 3 is 2.60 bits per heavy atom. The van der Waals surface area contributed by atoms with E-state index in [4.69, 9.17) is 16.6 Å². The highest BCUT2D eigenvalue weighted by Gasteiger charge is 2.28. The largest absolute Gasteiger partial charge is 0.338 e. The number of nitrogens with one attached hydrogen (secondary N) is 1. The lowest BCUT2D eigenvalue weighted by atomic mass is 10.1. The Bertz CT molecular complexity index is 1100. The molecule has 1 atom stereocenters. The summed E-state index contributed by atoms with van der Waals surface area (Å²) in [7, 11) is 0. The molecule has 158 valence electrons. The van der Waals surface area contributed by atoms with Gasteiger partial charge in [-0.25, -0.2) is 9.78 Å². The molecule has 3 aromatic rings. The predicted octanol–water partition coefficient (Wildman–Crippen LogP) is 4.93. The van der Waals surface area contributed by atoms with Crippen LogP contribution >= 0.6 is 11.6 Å². The summed E-state index contributed by atoms with van der Waals surface area (Å²) in [6, 6.07) is 13.9. The molecule has 0 saturated carbocycles. The zero-order valence-corrected chi connectivity index (χ0v) is 18.3. The van der Waals surface area contributed by atoms with Crippen LogP contribution in [0.3, 0.4) is 0 Å². The fourth-order valence-electron chi connectivity index (χ4n) is 3.67. The summed E-state index contributed by atoms with van der Waals surface area (Å²) in [5.41, 5.74) is 1.07. The lowest BCUT2D eigenvalue weighted by Crippen LogP contribution is -2.44. The molecule has 0 fully saturated rings. The van der Waals surface area contributed by atoms with Gasteiger partial charge in [0, 0.05) is 18.1 Å². The Balaban J connectivity index is 2.30. The van der Waals surface area contributed by atoms with Gasteiger partial charge in [-0.1, -0.05) is 43.6 Å². The van der Waals surface area contributed by atoms with Crippen LogP contribution < -0.4 is 10.9 Å². The lowest BCUT2D eigenvalue weighted by Gasteiger charge is -2.32. The third-order valence-corrected chi connectivity index (χ3v) is 5.22. The first-order chi connectivity index (χ1) is 14.5. The average molecular weight is 427 g/mol. The SMILES string of the molecule is CCCN(C(=O)NCC)C(CC)c1nc2ccccc2c(=O)n1-c1cccc(Cl)c1. The maximum Gasteiger partial charge on any atom is 0.318 e. The number of hydrogen-bond acceptors (Lipinski definition) is 3. The van der Waals surface area contributed by atoms with Gasteiger partial charge < -0.3 is 10.2 Å². The topological polar surface area (TPSA) is 67.2 Å². The van der Waals surface area contributed by atoms with Crippen molar-refractivity contribution in [1.82, 2.24) is 19.8 Å². The average Bonchev–Trinajstić information content (AvgIpc) is 2.74. The molecule has 2 amide bonds. The summed E-state index contributed by atoms with van der Waals surface area (Å²) < 4.78 is 1.59. The zero-order valence-electron chi connectivity index (χ0n) is 17.6. The molecule has 7 heteroatoms. The summed E-state index contributed by atoms with van der Waals surface area (Å²) in [5.74, 6) is 0.531. The minimum absolute atomic E-state index is 0.161. The number of urea groups is 1. The molecule has 0 aliphatic heterocycles. The summed E-state index contributed by atoms with van der Waals surface area (Å²) >= 11 is 6.22. The molecule has 6 nitrogen and oxygen atoms in total. The highest BCUT2D eigenvalue weighted by atomic mass is 35.5. The maximum absolute atomic E-state index is 13.5. The van der Waals surface area contributed by atoms with E-state index < -0.39 is 0 Å². The molecule has 0 spiro atoms. The smallest absolute Gasteiger partial charge is 0.318 e. The van der Waals surface area contributed by atoms with E-state index in [-0.39, 0.29) is 17.6 Å². The standard InChI is InChI=1S/C23H27ClN4O2/c1-4-14-27(23(30)25-6-3)20(5-2)21-26-19-13-8-7-12-18(19)22(29)28(21)17-11-9-10-16(24)15-17/h7-13,15,20H,4-6,14H2,1-3H3,(H,25,30). The number of amides is 2. The van der Waals surface area contributed by atoms with E-state index in [0.717, 1.165) is 6.42 Å². The highest BCUT2D eigenvalue weighted by molar-refractivity contribution is 6.30. The van der Waals surface area contributed by atoms with Crippen LogP contribution in [-0.2, 0) is 0 Å². The Morgan fingerprint density at radius 2 is 1.93 bits per heavy atom. The number of nitrogens with zero attached hydrogens (tertiary/aromatic N) is 3. The fourth-order valence-corrected chi connectivity index (χ4v) is 3.86. The molecule has 0 aliphatic rings. The predicted molar refractivity (Wildman–Crippen MR) is 121 cm³/mol. The summed E-state index contributed by atoms with van der Waals surface area (Å²) in [4.78, 5) is 33.0. The second-order valence-corrected chi connectivity index (χ2v) is 7.50. The van der Waals surface area contributed by atoms with Crippen LogP contribution in [0.15, 0.2) is 53.3 Å². The van der Waals surface area contributed by atoms with Crippen LogP contribution in [0.1, 0.15) is 45.5 Å². The van der Waals surface area contributed by atoms with E-state index in [0.29, 0.717) is 46.9 Å². The molecule has 1 heterocycles. The first-order valence-corrected chi connectivity index (χ1v) is 10.7. The van der Waals surface area contributed by atoms with E-state index >= 15 is 0 Å². The van der Waals surface area contributed by atoms with E-state index in [1.165, 1.54) is 0 Å². The van der Waals surface area contributed by atoms with Gasteiger partial charge in [0.25, 0.3) is 5.56 Å². The molecule has 30 heavy (non-hydrogen) atoms. The number of rotatable bonds is 7. The number of fused-ring (bicyclic) bond motifs is 1. The Kier molecular flexibility index (Phi) is 7.11. The van der Waals surface area contributed by atoms with Crippen molar-refractivity contribution in [3.8, 4) is 5.69 Å². The molecule has 2 aromatic carbocycles. The molecule has 3 rings (SSSR count). The Morgan fingerprint density at radius 1 is 1.17 bits per heavy atom. The quantitative estimate of drug-likeness (QED) is 0.582. The van der Waals surface area contributed by atoms with E-state index in [9.17, 15) is 9.59 Å². The van der Waals surface area contributed by atoms with Crippen LogP contribution in [0.2, 0.25) is 5.02 Å². The van der Waals surface area contributed by atoms with Crippen molar-refractivity contribution in [3.05, 3.63) is 69.7 Å². The molecule has 0 bridgehead atoms. The number of benzene rings is 2. The normalized spacial score (nSPS) is 12.0. The molecule has 0 saturated heterocycles. The second-order valence-electron chi connectivity index (χ2n) is 7.06. The third kappa shape index (κ3) is 4.33. The Hall–Kier alpha value is -2.86. The molecule has 1 aromatic heterocycles. The Labute approximate surface area is 181 Å². The number of aromatic nitrogens is 2. The minimum atomic E-state index is -0.368. The van der Waals surface area contributed by atoms with Crippen molar-refractivity contribution < 1.29 is 4.79 Å². The van der Waals surface area contributed by atoms with Gasteiger partial charge in [-0.3, -0.25) is 9.36 Å². The molecular weight excluding hydrogens is 400 g/mol. The van der Waals surface area contributed by atoms with Gasteiger partial charge in [-0.2, -0.15) is 0 Å². The highest BCUT2D eigenvalue weighted by Crippen LogP contribution is 2.27. The van der Waals surface area contributed by atoms with Crippen molar-refractivity contribution in [2.75, 3.05) is 13.1 Å². The van der Waals surface area contributed by atoms with E-state index in [2.05, 4.69) is 5.32 Å². The molecule has 1 unspecified atom stereocenters. The van der Waals surface area contributed by atoms with Gasteiger partial charge in [-0.05, 0) is 50.1 Å². The maximum atomic E-state index is 13.5. The first-order valence-electron chi connectivity index (χ1n) is 10.3. The van der Waals surface area contributed by atoms with Crippen molar-refractivity contribution in [3.63, 3.8) is 0 Å². The first kappa shape index (κ1) is 21.8. The molecule has 0 radical (unpaired) electrons. The van der Waals surface area contributed by atoms with Crippen molar-refractivity contribution in [2.45, 2.75) is 39.7 Å². The van der Waals surface area contributed by atoms with Crippen molar-refractivity contribution in [1.29, 1.82) is 0 Å². The van der Waals surface area contributed by atoms with Crippen LogP contribution in [0.25, 0.3) is 16.6 Å². The summed E-state index contributed by atoms with van der Waals surface area (Å²) in [6.45, 7) is 7.00. The zero-order chi connectivity index (χ0) is 21.7. The van der Waals surface area contributed by atoms with Gasteiger partial charge in [0.1, 0.15) is 5.82 Å². The number of para-hydroxylation sites is 1. The lowest BCUT2D eigenvalue weighted by molar-refractivity contribution is 0.168. The van der Waals surface area contributed by atoms with Gasteiger partial charge in [-0.15, -0.1) is 0 Å². The monoisotopic (exact) mass is 426 g/mol. The number of carbonyl (C=O) groups is 1. The van der Waals surface area contributed by atoms with Crippen LogP contribution in [-0.4, -0.2) is 33.6 Å². The van der Waals surface area contributed by atoms with E-state index in [1.54, 1.807) is 33.7 Å². The van der Waals surface area contributed by atoms with Gasteiger partial charge in [0.05, 0.1) is 22.6 Å². The molecular formula is C23H27ClN4O2. The summed E-state index contributed by atoms with van der Waals surface area (Å²) in [6.07, 6.45) is 1.41. The van der Waals surface area contributed by atoms with Crippen molar-refractivity contribution >= 4 is 28.5 Å². The number of carbonyl (C=O) groups excluding carboxylic acids is 1.